The molecule has 0 saturated carbocycles. The van der Waals surface area contributed by atoms with E-state index in [0.717, 1.165) is 51.4 Å². The van der Waals surface area contributed by atoms with Crippen LogP contribution in [-0.2, 0) is 28.5 Å². The maximum Gasteiger partial charge on any atom is 0.306 e. The molecule has 1 saturated heterocycles. The van der Waals surface area contributed by atoms with Crippen molar-refractivity contribution in [1.82, 2.24) is 0 Å². The van der Waals surface area contributed by atoms with Crippen LogP contribution >= 0.6 is 0 Å². The summed E-state index contributed by atoms with van der Waals surface area (Å²) in [6.07, 6.45) is 37.5. The van der Waals surface area contributed by atoms with Gasteiger partial charge in [-0.05, 0) is 44.9 Å². The Morgan fingerprint density at radius 3 is 1.44 bits per heavy atom. The molecule has 0 spiro atoms. The second kappa shape index (κ2) is 40.3. The molecule has 0 aliphatic carbocycles. The van der Waals surface area contributed by atoms with E-state index in [2.05, 4.69) is 38.2 Å². The average molecular weight is 839 g/mol. The molecule has 1 heterocycles. The molecule has 0 aromatic carbocycles. The summed E-state index contributed by atoms with van der Waals surface area (Å²) in [5.41, 5.74) is 0. The molecule has 0 aromatic heterocycles. The molecule has 4 N–H and O–H groups in total. The summed E-state index contributed by atoms with van der Waals surface area (Å²) in [5.74, 6) is -0.805. The van der Waals surface area contributed by atoms with E-state index >= 15 is 0 Å². The molecule has 0 bridgehead atoms. The Labute approximate surface area is 360 Å². The molecular weight excluding hydrogens is 749 g/mol. The maximum atomic E-state index is 12.8. The van der Waals surface area contributed by atoms with Gasteiger partial charge in [-0.1, -0.05) is 186 Å². The van der Waals surface area contributed by atoms with Crippen LogP contribution in [0.2, 0.25) is 0 Å². The molecule has 2 unspecified atom stereocenters. The van der Waals surface area contributed by atoms with Gasteiger partial charge in [0.05, 0.1) is 13.2 Å². The van der Waals surface area contributed by atoms with Crippen molar-refractivity contribution in [2.75, 3.05) is 19.8 Å². The number of allylic oxidation sites excluding steroid dienone is 4. The molecule has 10 nitrogen and oxygen atoms in total. The predicted octanol–water partition coefficient (Wildman–Crippen LogP) is 10.9. The molecule has 0 aromatic rings. The van der Waals surface area contributed by atoms with E-state index in [0.29, 0.717) is 6.42 Å². The van der Waals surface area contributed by atoms with Crippen LogP contribution in [0, 0.1) is 0 Å². The van der Waals surface area contributed by atoms with E-state index in [4.69, 9.17) is 18.9 Å². The van der Waals surface area contributed by atoms with Gasteiger partial charge in [-0.15, -0.1) is 0 Å². The molecule has 1 aliphatic heterocycles. The molecular formula is C49H90O10. The van der Waals surface area contributed by atoms with Crippen molar-refractivity contribution in [3.8, 4) is 0 Å². The van der Waals surface area contributed by atoms with Crippen LogP contribution in [0.3, 0.4) is 0 Å². The lowest BCUT2D eigenvalue weighted by Gasteiger charge is -2.39. The van der Waals surface area contributed by atoms with Crippen LogP contribution in [0.4, 0.5) is 0 Å². The van der Waals surface area contributed by atoms with E-state index in [1.165, 1.54) is 135 Å². The Balaban J connectivity index is 2.29. The fourth-order valence-corrected chi connectivity index (χ4v) is 7.45. The lowest BCUT2D eigenvalue weighted by molar-refractivity contribution is -0.305. The molecule has 0 amide bonds. The maximum absolute atomic E-state index is 12.8. The number of aliphatic hydroxyl groups excluding tert-OH is 4. The van der Waals surface area contributed by atoms with Crippen LogP contribution < -0.4 is 0 Å². The van der Waals surface area contributed by atoms with Crippen LogP contribution in [0.1, 0.15) is 219 Å². The summed E-state index contributed by atoms with van der Waals surface area (Å²) in [6.45, 7) is 3.42. The summed E-state index contributed by atoms with van der Waals surface area (Å²) in [6, 6.07) is 0. The highest BCUT2D eigenvalue weighted by Crippen LogP contribution is 2.23. The number of carbonyl (C=O) groups excluding carboxylic acids is 2. The van der Waals surface area contributed by atoms with Gasteiger partial charge >= 0.3 is 11.9 Å². The van der Waals surface area contributed by atoms with Crippen LogP contribution in [-0.4, -0.2) is 89.0 Å². The lowest BCUT2D eigenvalue weighted by atomic mass is 9.99. The van der Waals surface area contributed by atoms with Crippen LogP contribution in [0.15, 0.2) is 24.3 Å². The zero-order valence-electron chi connectivity index (χ0n) is 37.8. The van der Waals surface area contributed by atoms with E-state index in [9.17, 15) is 30.0 Å². The number of ether oxygens (including phenoxy) is 4. The molecule has 1 rings (SSSR count). The lowest BCUT2D eigenvalue weighted by Crippen LogP contribution is -2.59. The smallest absolute Gasteiger partial charge is 0.306 e. The van der Waals surface area contributed by atoms with E-state index in [1.54, 1.807) is 0 Å². The first kappa shape index (κ1) is 55.2. The Hall–Kier alpha value is -1.82. The minimum atomic E-state index is -1.59. The Morgan fingerprint density at radius 2 is 0.949 bits per heavy atom. The van der Waals surface area contributed by atoms with Crippen LogP contribution in [0.5, 0.6) is 0 Å². The number of hydrogen-bond donors (Lipinski definition) is 4. The van der Waals surface area contributed by atoms with Crippen molar-refractivity contribution in [2.24, 2.45) is 0 Å². The highest BCUT2D eigenvalue weighted by Gasteiger charge is 2.44. The van der Waals surface area contributed by atoms with Crippen molar-refractivity contribution >= 4 is 11.9 Å². The van der Waals surface area contributed by atoms with E-state index < -0.39 is 49.4 Å². The summed E-state index contributed by atoms with van der Waals surface area (Å²) in [5, 5.41) is 40.1. The monoisotopic (exact) mass is 839 g/mol. The second-order valence-electron chi connectivity index (χ2n) is 16.9. The Morgan fingerprint density at radius 1 is 0.525 bits per heavy atom. The van der Waals surface area contributed by atoms with Crippen molar-refractivity contribution in [3.05, 3.63) is 24.3 Å². The number of aliphatic hydroxyl groups is 4. The first-order valence-electron chi connectivity index (χ1n) is 24.4. The van der Waals surface area contributed by atoms with Gasteiger partial charge in [0.1, 0.15) is 31.0 Å². The standard InChI is InChI=1S/C49H90O10/c1-3-5-7-9-11-13-15-17-19-21-23-25-27-29-31-33-35-37-44(51)56-40-42(41-57-49-48(55)47(54)46(53)43(39-50)59-49)58-45(52)38-36-34-32-30-28-26-24-22-20-18-16-14-12-10-8-6-4-2/h12,14,18,20,42-43,46-50,53-55H,3-11,13,15-17,19,21-41H2,1-2H3/b14-12+,20-18+/t42-,43-,46+,47?,48?,49-/m0/s1. The molecule has 59 heavy (non-hydrogen) atoms. The highest BCUT2D eigenvalue weighted by molar-refractivity contribution is 5.70. The van der Waals surface area contributed by atoms with Gasteiger partial charge in [0.2, 0.25) is 0 Å². The van der Waals surface area contributed by atoms with Crippen molar-refractivity contribution in [1.29, 1.82) is 0 Å². The summed E-state index contributed by atoms with van der Waals surface area (Å²) >= 11 is 0. The number of esters is 2. The third kappa shape index (κ3) is 31.7. The Bertz CT molecular complexity index is 1020. The summed E-state index contributed by atoms with van der Waals surface area (Å²) in [4.78, 5) is 25.4. The van der Waals surface area contributed by atoms with Crippen LogP contribution in [0.25, 0.3) is 0 Å². The predicted molar refractivity (Wildman–Crippen MR) is 238 cm³/mol. The van der Waals surface area contributed by atoms with Crippen molar-refractivity contribution in [3.63, 3.8) is 0 Å². The van der Waals surface area contributed by atoms with Gasteiger partial charge in [-0.25, -0.2) is 0 Å². The zero-order valence-corrected chi connectivity index (χ0v) is 37.8. The molecule has 346 valence electrons. The van der Waals surface area contributed by atoms with Crippen molar-refractivity contribution in [2.45, 2.75) is 256 Å². The van der Waals surface area contributed by atoms with Gasteiger partial charge in [-0.3, -0.25) is 9.59 Å². The first-order chi connectivity index (χ1) is 28.8. The fraction of sp³-hybridized carbons (Fsp3) is 0.878. The Kier molecular flexibility index (Phi) is 37.7. The largest absolute Gasteiger partial charge is 0.462 e. The molecule has 1 fully saturated rings. The van der Waals surface area contributed by atoms with Gasteiger partial charge in [-0.2, -0.15) is 0 Å². The van der Waals surface area contributed by atoms with Gasteiger partial charge in [0, 0.05) is 12.8 Å². The second-order valence-corrected chi connectivity index (χ2v) is 16.9. The zero-order chi connectivity index (χ0) is 43.0. The summed E-state index contributed by atoms with van der Waals surface area (Å²) < 4.78 is 22.2. The van der Waals surface area contributed by atoms with Crippen molar-refractivity contribution < 1.29 is 49.0 Å². The molecule has 0 radical (unpaired) electrons. The number of carbonyl (C=O) groups is 2. The molecule has 10 heteroatoms. The van der Waals surface area contributed by atoms with E-state index in [-0.39, 0.29) is 32.0 Å². The summed E-state index contributed by atoms with van der Waals surface area (Å²) in [7, 11) is 0. The molecule has 6 atom stereocenters. The number of rotatable bonds is 41. The third-order valence-electron chi connectivity index (χ3n) is 11.3. The topological polar surface area (TPSA) is 152 Å². The minimum Gasteiger partial charge on any atom is -0.462 e. The third-order valence-corrected chi connectivity index (χ3v) is 11.3. The molecule has 1 aliphatic rings. The normalized spacial score (nSPS) is 20.1. The highest BCUT2D eigenvalue weighted by atomic mass is 16.7. The number of hydrogen-bond acceptors (Lipinski definition) is 10. The average Bonchev–Trinajstić information content (AvgIpc) is 3.23. The minimum absolute atomic E-state index is 0.216. The van der Waals surface area contributed by atoms with Gasteiger partial charge in [0.15, 0.2) is 12.4 Å². The fourth-order valence-electron chi connectivity index (χ4n) is 7.45. The first-order valence-corrected chi connectivity index (χ1v) is 24.4. The van der Waals surface area contributed by atoms with Gasteiger partial charge in [0.25, 0.3) is 0 Å². The van der Waals surface area contributed by atoms with Gasteiger partial charge < -0.3 is 39.4 Å². The quantitative estimate of drug-likeness (QED) is 0.0266. The SMILES string of the molecule is CCCCC/C=C/C/C=C/CCCCCCCCCC(=O)O[C@@H](COC(=O)CCCCCCCCCCCCCCCCCCC)CO[C@H]1O[C@@H](CO)[C@@H](O)C(O)C1O. The number of unbranched alkanes of at least 4 members (excludes halogenated alkanes) is 26. The van der Waals surface area contributed by atoms with E-state index in [1.807, 2.05) is 0 Å².